The molecular formula is C22H26N6O4. The zero-order valence-electron chi connectivity index (χ0n) is 18.0. The number of ether oxygens (including phenoxy) is 3. The predicted molar refractivity (Wildman–Crippen MR) is 117 cm³/mol. The van der Waals surface area contributed by atoms with Crippen LogP contribution in [0.5, 0.6) is 5.75 Å². The van der Waals surface area contributed by atoms with Gasteiger partial charge in [-0.1, -0.05) is 0 Å². The first-order valence-electron chi connectivity index (χ1n) is 10.8. The molecule has 1 spiro atoms. The fourth-order valence-corrected chi connectivity index (χ4v) is 4.13. The van der Waals surface area contributed by atoms with Crippen LogP contribution >= 0.6 is 0 Å². The maximum atomic E-state index is 12.4. The standard InChI is InChI=1S/C22H26N6O4/c1-30-17-4-2-16(3-5-17)23-21(29)9-8-19-25-24-18-6-7-20(26-28(18)19)27-12-10-22(11-13-27)31-14-15-32-22/h2-7H,8-15H2,1H3,(H,23,29). The van der Waals surface area contributed by atoms with Crippen molar-refractivity contribution in [1.29, 1.82) is 0 Å². The van der Waals surface area contributed by atoms with Crippen LogP contribution in [0.4, 0.5) is 11.5 Å². The van der Waals surface area contributed by atoms with Crippen LogP contribution in [-0.2, 0) is 20.7 Å². The SMILES string of the molecule is COc1ccc(NC(=O)CCc2nnc3ccc(N4CCC5(CC4)OCCO5)nn23)cc1. The first-order chi connectivity index (χ1) is 15.6. The van der Waals surface area contributed by atoms with Crippen molar-refractivity contribution < 1.29 is 19.0 Å². The number of aryl methyl sites for hydroxylation is 1. The average molecular weight is 438 g/mol. The van der Waals surface area contributed by atoms with Gasteiger partial charge in [-0.3, -0.25) is 4.79 Å². The molecule has 10 nitrogen and oxygen atoms in total. The lowest BCUT2D eigenvalue weighted by molar-refractivity contribution is -0.169. The Morgan fingerprint density at radius 1 is 1.09 bits per heavy atom. The summed E-state index contributed by atoms with van der Waals surface area (Å²) in [5.74, 6) is 1.74. The van der Waals surface area contributed by atoms with Crippen molar-refractivity contribution in [1.82, 2.24) is 19.8 Å². The third kappa shape index (κ3) is 4.23. The smallest absolute Gasteiger partial charge is 0.224 e. The van der Waals surface area contributed by atoms with Gasteiger partial charge in [-0.25, -0.2) is 0 Å². The lowest BCUT2D eigenvalue weighted by Crippen LogP contribution is -2.45. The van der Waals surface area contributed by atoms with E-state index in [2.05, 4.69) is 20.4 Å². The third-order valence-corrected chi connectivity index (χ3v) is 5.93. The second-order valence-corrected chi connectivity index (χ2v) is 7.95. The fraction of sp³-hybridized carbons (Fsp3) is 0.455. The molecule has 2 aliphatic rings. The van der Waals surface area contributed by atoms with E-state index in [9.17, 15) is 4.79 Å². The topological polar surface area (TPSA) is 103 Å². The maximum absolute atomic E-state index is 12.4. The van der Waals surface area contributed by atoms with Gasteiger partial charge in [0.2, 0.25) is 5.91 Å². The molecule has 0 saturated carbocycles. The molecule has 168 valence electrons. The normalized spacial score (nSPS) is 17.7. The Hall–Kier alpha value is -3.24. The molecule has 0 aliphatic carbocycles. The number of carbonyl (C=O) groups excluding carboxylic acids is 1. The monoisotopic (exact) mass is 438 g/mol. The Morgan fingerprint density at radius 2 is 1.84 bits per heavy atom. The molecule has 0 radical (unpaired) electrons. The summed E-state index contributed by atoms with van der Waals surface area (Å²) in [4.78, 5) is 14.6. The van der Waals surface area contributed by atoms with Crippen LogP contribution in [0.1, 0.15) is 25.1 Å². The summed E-state index contributed by atoms with van der Waals surface area (Å²) in [6.45, 7) is 2.95. The van der Waals surface area contributed by atoms with Crippen LogP contribution in [0.25, 0.3) is 5.65 Å². The Morgan fingerprint density at radius 3 is 2.56 bits per heavy atom. The third-order valence-electron chi connectivity index (χ3n) is 5.93. The number of methoxy groups -OCH3 is 1. The number of amides is 1. The number of benzene rings is 1. The van der Waals surface area contributed by atoms with Crippen molar-refractivity contribution in [3.8, 4) is 5.75 Å². The molecule has 5 rings (SSSR count). The molecule has 10 heteroatoms. The number of fused-ring (bicyclic) bond motifs is 1. The zero-order chi connectivity index (χ0) is 22.0. The van der Waals surface area contributed by atoms with Gasteiger partial charge in [0.1, 0.15) is 11.6 Å². The lowest BCUT2D eigenvalue weighted by Gasteiger charge is -2.38. The van der Waals surface area contributed by atoms with Gasteiger partial charge in [0.15, 0.2) is 17.3 Å². The van der Waals surface area contributed by atoms with Gasteiger partial charge in [0.05, 0.1) is 20.3 Å². The molecule has 2 fully saturated rings. The van der Waals surface area contributed by atoms with Gasteiger partial charge in [-0.2, -0.15) is 4.52 Å². The summed E-state index contributed by atoms with van der Waals surface area (Å²) in [5, 5.41) is 16.1. The van der Waals surface area contributed by atoms with Crippen LogP contribution in [0.15, 0.2) is 36.4 Å². The van der Waals surface area contributed by atoms with E-state index in [1.54, 1.807) is 35.9 Å². The summed E-state index contributed by atoms with van der Waals surface area (Å²) in [7, 11) is 1.61. The summed E-state index contributed by atoms with van der Waals surface area (Å²) >= 11 is 0. The number of carbonyl (C=O) groups is 1. The van der Waals surface area contributed by atoms with Crippen molar-refractivity contribution >= 4 is 23.1 Å². The summed E-state index contributed by atoms with van der Waals surface area (Å²) in [6.07, 6.45) is 2.34. The van der Waals surface area contributed by atoms with Crippen molar-refractivity contribution in [2.45, 2.75) is 31.5 Å². The molecule has 2 aliphatic heterocycles. The second kappa shape index (κ2) is 8.71. The molecule has 1 N–H and O–H groups in total. The molecule has 4 heterocycles. The van der Waals surface area contributed by atoms with Crippen LogP contribution < -0.4 is 15.0 Å². The second-order valence-electron chi connectivity index (χ2n) is 7.95. The van der Waals surface area contributed by atoms with Crippen LogP contribution in [0.2, 0.25) is 0 Å². The Kier molecular flexibility index (Phi) is 5.62. The first-order valence-corrected chi connectivity index (χ1v) is 10.8. The van der Waals surface area contributed by atoms with Gasteiger partial charge >= 0.3 is 0 Å². The van der Waals surface area contributed by atoms with E-state index in [0.29, 0.717) is 31.1 Å². The molecule has 3 aromatic rings. The molecule has 32 heavy (non-hydrogen) atoms. The minimum atomic E-state index is -0.417. The quantitative estimate of drug-likeness (QED) is 0.624. The minimum absolute atomic E-state index is 0.0963. The predicted octanol–water partition coefficient (Wildman–Crippen LogP) is 2.05. The van der Waals surface area contributed by atoms with E-state index >= 15 is 0 Å². The highest BCUT2D eigenvalue weighted by Gasteiger charge is 2.40. The van der Waals surface area contributed by atoms with Gasteiger partial charge in [-0.05, 0) is 36.4 Å². The summed E-state index contributed by atoms with van der Waals surface area (Å²) < 4.78 is 18.5. The number of aromatic nitrogens is 4. The number of rotatable bonds is 6. The first kappa shape index (κ1) is 20.7. The highest BCUT2D eigenvalue weighted by Crippen LogP contribution is 2.32. The Labute approximate surface area is 185 Å². The van der Waals surface area contributed by atoms with Crippen molar-refractivity contribution in [3.63, 3.8) is 0 Å². The van der Waals surface area contributed by atoms with E-state index in [-0.39, 0.29) is 12.3 Å². The fourth-order valence-electron chi connectivity index (χ4n) is 4.13. The van der Waals surface area contributed by atoms with E-state index in [4.69, 9.17) is 19.3 Å². The summed E-state index contributed by atoms with van der Waals surface area (Å²) in [5.41, 5.74) is 1.38. The maximum Gasteiger partial charge on any atom is 0.224 e. The van der Waals surface area contributed by atoms with E-state index < -0.39 is 5.79 Å². The molecule has 2 saturated heterocycles. The molecule has 1 aromatic carbocycles. The van der Waals surface area contributed by atoms with Crippen LogP contribution in [-0.4, -0.2) is 64.9 Å². The largest absolute Gasteiger partial charge is 0.497 e. The number of hydrogen-bond donors (Lipinski definition) is 1. The Bertz CT molecular complexity index is 1080. The molecule has 0 bridgehead atoms. The number of nitrogens with zero attached hydrogens (tertiary/aromatic N) is 5. The molecule has 0 unspecified atom stereocenters. The van der Waals surface area contributed by atoms with Crippen molar-refractivity contribution in [2.75, 3.05) is 43.6 Å². The molecule has 2 aromatic heterocycles. The van der Waals surface area contributed by atoms with Gasteiger partial charge in [0, 0.05) is 44.5 Å². The van der Waals surface area contributed by atoms with Gasteiger partial charge in [0.25, 0.3) is 0 Å². The average Bonchev–Trinajstić information content (AvgIpc) is 3.45. The minimum Gasteiger partial charge on any atom is -0.497 e. The summed E-state index contributed by atoms with van der Waals surface area (Å²) in [6, 6.07) is 11.1. The molecule has 0 atom stereocenters. The molecular weight excluding hydrogens is 412 g/mol. The zero-order valence-corrected chi connectivity index (χ0v) is 18.0. The number of piperidine rings is 1. The van der Waals surface area contributed by atoms with E-state index in [1.807, 2.05) is 12.1 Å². The number of hydrogen-bond acceptors (Lipinski definition) is 8. The van der Waals surface area contributed by atoms with E-state index in [1.165, 1.54) is 0 Å². The van der Waals surface area contributed by atoms with Crippen molar-refractivity contribution in [2.24, 2.45) is 0 Å². The molecule has 1 amide bonds. The van der Waals surface area contributed by atoms with Crippen molar-refractivity contribution in [3.05, 3.63) is 42.2 Å². The van der Waals surface area contributed by atoms with Crippen LogP contribution in [0.3, 0.4) is 0 Å². The number of anilines is 2. The number of nitrogens with one attached hydrogen (secondary N) is 1. The van der Waals surface area contributed by atoms with Crippen LogP contribution in [0, 0.1) is 0 Å². The van der Waals surface area contributed by atoms with Gasteiger partial charge in [-0.15, -0.1) is 15.3 Å². The van der Waals surface area contributed by atoms with Gasteiger partial charge < -0.3 is 24.4 Å². The van der Waals surface area contributed by atoms with E-state index in [0.717, 1.165) is 43.2 Å². The highest BCUT2D eigenvalue weighted by atomic mass is 16.7. The highest BCUT2D eigenvalue weighted by molar-refractivity contribution is 5.90. The lowest BCUT2D eigenvalue weighted by atomic mass is 10.0. The Balaban J connectivity index is 1.22.